The number of pyridine rings is 1. The first-order chi connectivity index (χ1) is 12.5. The molecule has 1 aromatic heterocycles. The summed E-state index contributed by atoms with van der Waals surface area (Å²) in [7, 11) is 0. The van der Waals surface area contributed by atoms with Gasteiger partial charge in [-0.25, -0.2) is 9.78 Å². The molecule has 0 aliphatic carbocycles. The number of hydrogen-bond acceptors (Lipinski definition) is 7. The Bertz CT molecular complexity index is 677. The molecule has 1 atom stereocenters. The van der Waals surface area contributed by atoms with Gasteiger partial charge in [-0.3, -0.25) is 9.59 Å². The highest BCUT2D eigenvalue weighted by molar-refractivity contribution is 6.30. The summed E-state index contributed by atoms with van der Waals surface area (Å²) in [4.78, 5) is 34.5. The van der Waals surface area contributed by atoms with E-state index in [1.165, 1.54) is 6.42 Å². The van der Waals surface area contributed by atoms with Crippen molar-refractivity contribution in [3.63, 3.8) is 0 Å². The third-order valence-corrected chi connectivity index (χ3v) is 4.05. The molecule has 0 bridgehead atoms. The molecule has 1 aliphatic rings. The van der Waals surface area contributed by atoms with Gasteiger partial charge in [0.25, 0.3) is 0 Å². The summed E-state index contributed by atoms with van der Waals surface area (Å²) in [6.45, 7) is 3.73. The van der Waals surface area contributed by atoms with Crippen molar-refractivity contribution in [3.05, 3.63) is 23.0 Å². The van der Waals surface area contributed by atoms with Gasteiger partial charge in [-0.2, -0.15) is 0 Å². The van der Waals surface area contributed by atoms with Crippen molar-refractivity contribution in [2.75, 3.05) is 13.2 Å². The fourth-order valence-electron chi connectivity index (χ4n) is 2.01. The first-order valence-corrected chi connectivity index (χ1v) is 8.29. The molecule has 0 amide bonds. The summed E-state index contributed by atoms with van der Waals surface area (Å²) in [6.07, 6.45) is 0.567. The van der Waals surface area contributed by atoms with Crippen LogP contribution in [0.25, 0.3) is 0 Å². The maximum absolute atomic E-state index is 10.3. The third-order valence-electron chi connectivity index (χ3n) is 3.65. The maximum Gasteiger partial charge on any atom is 0.336 e. The number of carbonyl (C=O) groups is 3. The predicted molar refractivity (Wildman–Crippen MR) is 93.0 cm³/mol. The molecule has 0 saturated carbocycles. The normalized spacial score (nSPS) is 15.7. The molecule has 10 nitrogen and oxygen atoms in total. The van der Waals surface area contributed by atoms with E-state index in [-0.39, 0.29) is 0 Å². The SMILES string of the molecule is Cc1cc(OC[C@@H]2CCN2)cnc1Cl.O=C(O)CC(O)(CC(=O)O)C(=O)O. The Morgan fingerprint density at radius 3 is 2.22 bits per heavy atom. The number of rotatable bonds is 8. The number of nitrogens with one attached hydrogen (secondary N) is 1. The zero-order valence-corrected chi connectivity index (χ0v) is 15.3. The molecule has 27 heavy (non-hydrogen) atoms. The Labute approximate surface area is 159 Å². The van der Waals surface area contributed by atoms with E-state index in [4.69, 9.17) is 36.8 Å². The Morgan fingerprint density at radius 2 is 1.85 bits per heavy atom. The Kier molecular flexibility index (Phi) is 8.41. The fraction of sp³-hybridized carbons (Fsp3) is 0.500. The second-order valence-electron chi connectivity index (χ2n) is 6.01. The van der Waals surface area contributed by atoms with Gasteiger partial charge in [0.15, 0.2) is 5.60 Å². The number of aliphatic hydroxyl groups is 1. The van der Waals surface area contributed by atoms with Gasteiger partial charge in [-0.05, 0) is 31.5 Å². The number of aliphatic carboxylic acids is 3. The van der Waals surface area contributed by atoms with Crippen LogP contribution in [0.2, 0.25) is 5.15 Å². The lowest BCUT2D eigenvalue weighted by Crippen LogP contribution is -2.46. The number of aromatic nitrogens is 1. The van der Waals surface area contributed by atoms with Crippen LogP contribution in [0.1, 0.15) is 24.8 Å². The molecule has 0 radical (unpaired) electrons. The summed E-state index contributed by atoms with van der Waals surface area (Å²) < 4.78 is 5.56. The molecular weight excluding hydrogens is 384 g/mol. The monoisotopic (exact) mass is 404 g/mol. The summed E-state index contributed by atoms with van der Waals surface area (Å²) in [5.74, 6) is -4.23. The largest absolute Gasteiger partial charge is 0.490 e. The van der Waals surface area contributed by atoms with Gasteiger partial charge in [0.1, 0.15) is 17.5 Å². The number of carboxylic acid groups (broad SMARTS) is 3. The number of ether oxygens (including phenoxy) is 1. The molecule has 1 saturated heterocycles. The van der Waals surface area contributed by atoms with Gasteiger partial charge < -0.3 is 30.5 Å². The van der Waals surface area contributed by atoms with E-state index in [2.05, 4.69) is 10.3 Å². The standard InChI is InChI=1S/C10H13ClN2O.C6H8O7/c1-7-4-9(5-13-10(7)11)14-6-8-2-3-12-8;7-3(8)1-6(13,5(11)12)2-4(9)10/h4-5,8,12H,2-3,6H2,1H3;13H,1-2H2,(H,7,8)(H,9,10)(H,11,12)/t8-;/m0./s1. The van der Waals surface area contributed by atoms with Crippen LogP contribution in [0.3, 0.4) is 0 Å². The van der Waals surface area contributed by atoms with E-state index in [9.17, 15) is 14.4 Å². The smallest absolute Gasteiger partial charge is 0.336 e. The highest BCUT2D eigenvalue weighted by atomic mass is 35.5. The van der Waals surface area contributed by atoms with E-state index < -0.39 is 36.4 Å². The lowest BCUT2D eigenvalue weighted by molar-refractivity contribution is -0.170. The Morgan fingerprint density at radius 1 is 1.30 bits per heavy atom. The molecular formula is C16H21ClN2O8. The van der Waals surface area contributed by atoms with Crippen LogP contribution in [0.5, 0.6) is 5.75 Å². The number of nitrogens with zero attached hydrogens (tertiary/aromatic N) is 1. The van der Waals surface area contributed by atoms with Crippen molar-refractivity contribution < 1.29 is 39.5 Å². The van der Waals surface area contributed by atoms with E-state index in [0.29, 0.717) is 17.8 Å². The number of aryl methyl sites for hydroxylation is 1. The van der Waals surface area contributed by atoms with Crippen LogP contribution in [-0.4, -0.2) is 68.1 Å². The molecule has 5 N–H and O–H groups in total. The van der Waals surface area contributed by atoms with Crippen LogP contribution < -0.4 is 10.1 Å². The third kappa shape index (κ3) is 7.77. The molecule has 0 spiro atoms. The number of halogens is 1. The fourth-order valence-corrected chi connectivity index (χ4v) is 2.12. The van der Waals surface area contributed by atoms with Gasteiger partial charge in [-0.15, -0.1) is 0 Å². The molecule has 11 heteroatoms. The minimum Gasteiger partial charge on any atom is -0.490 e. The molecule has 0 unspecified atom stereocenters. The van der Waals surface area contributed by atoms with Gasteiger partial charge in [-0.1, -0.05) is 11.6 Å². The van der Waals surface area contributed by atoms with Crippen LogP contribution in [0, 0.1) is 6.92 Å². The summed E-state index contributed by atoms with van der Waals surface area (Å²) in [6, 6.07) is 2.42. The van der Waals surface area contributed by atoms with Gasteiger partial charge >= 0.3 is 17.9 Å². The summed E-state index contributed by atoms with van der Waals surface area (Å²) >= 11 is 5.80. The number of hydrogen-bond donors (Lipinski definition) is 5. The first-order valence-electron chi connectivity index (χ1n) is 7.91. The van der Waals surface area contributed by atoms with Crippen molar-refractivity contribution in [3.8, 4) is 5.75 Å². The number of carboxylic acids is 3. The highest BCUT2D eigenvalue weighted by Crippen LogP contribution is 2.18. The average molecular weight is 405 g/mol. The molecule has 1 aliphatic heterocycles. The molecule has 2 rings (SSSR count). The predicted octanol–water partition coefficient (Wildman–Crippen LogP) is 0.536. The second kappa shape index (κ2) is 10.0. The van der Waals surface area contributed by atoms with Crippen molar-refractivity contribution >= 4 is 29.5 Å². The lowest BCUT2D eigenvalue weighted by atomic mass is 9.96. The second-order valence-corrected chi connectivity index (χ2v) is 6.37. The summed E-state index contributed by atoms with van der Waals surface area (Å²) in [5, 5.41) is 37.6. The van der Waals surface area contributed by atoms with E-state index in [1.807, 2.05) is 13.0 Å². The maximum atomic E-state index is 10.3. The molecule has 2 heterocycles. The molecule has 1 fully saturated rings. The van der Waals surface area contributed by atoms with Crippen LogP contribution in [-0.2, 0) is 14.4 Å². The highest BCUT2D eigenvalue weighted by Gasteiger charge is 2.40. The zero-order valence-electron chi connectivity index (χ0n) is 14.5. The van der Waals surface area contributed by atoms with Crippen molar-refractivity contribution in [2.24, 2.45) is 0 Å². The van der Waals surface area contributed by atoms with Crippen molar-refractivity contribution in [1.29, 1.82) is 0 Å². The summed E-state index contributed by atoms with van der Waals surface area (Å²) in [5.41, 5.74) is -1.79. The minimum absolute atomic E-state index is 0.506. The van der Waals surface area contributed by atoms with Crippen LogP contribution in [0.15, 0.2) is 12.3 Å². The lowest BCUT2D eigenvalue weighted by Gasteiger charge is -2.27. The van der Waals surface area contributed by atoms with E-state index in [1.54, 1.807) is 6.20 Å². The average Bonchev–Trinajstić information content (AvgIpc) is 2.48. The Balaban J connectivity index is 0.000000271. The Hall–Kier alpha value is -2.43. The molecule has 1 aromatic rings. The van der Waals surface area contributed by atoms with Gasteiger partial charge in [0.2, 0.25) is 0 Å². The van der Waals surface area contributed by atoms with Gasteiger partial charge in [0, 0.05) is 6.04 Å². The quantitative estimate of drug-likeness (QED) is 0.385. The minimum atomic E-state index is -2.74. The van der Waals surface area contributed by atoms with Crippen LogP contribution >= 0.6 is 11.6 Å². The molecule has 150 valence electrons. The van der Waals surface area contributed by atoms with E-state index in [0.717, 1.165) is 17.9 Å². The zero-order chi connectivity index (χ0) is 20.6. The molecule has 0 aromatic carbocycles. The van der Waals surface area contributed by atoms with Crippen molar-refractivity contribution in [2.45, 2.75) is 37.8 Å². The van der Waals surface area contributed by atoms with Crippen molar-refractivity contribution in [1.82, 2.24) is 10.3 Å². The van der Waals surface area contributed by atoms with Gasteiger partial charge in [0.05, 0.1) is 19.0 Å². The van der Waals surface area contributed by atoms with E-state index >= 15 is 0 Å². The topological polar surface area (TPSA) is 166 Å². The first kappa shape index (κ1) is 22.6. The van der Waals surface area contributed by atoms with Crippen LogP contribution in [0.4, 0.5) is 0 Å².